The number of rotatable bonds is 1. The Morgan fingerprint density at radius 3 is 2.67 bits per heavy atom. The van der Waals surface area contributed by atoms with Gasteiger partial charge in [0.05, 0.1) is 6.10 Å². The molecule has 0 bridgehead atoms. The summed E-state index contributed by atoms with van der Waals surface area (Å²) in [5.41, 5.74) is -0.0313. The van der Waals surface area contributed by atoms with Crippen LogP contribution in [-0.4, -0.2) is 23.3 Å². The fraction of sp³-hybridized carbons (Fsp3) is 0.905. The zero-order valence-electron chi connectivity index (χ0n) is 15.3. The summed E-state index contributed by atoms with van der Waals surface area (Å²) in [6.45, 7) is 6.57. The SMILES string of the molecule is CC(=O)[C@]12O[C@H]1C[C@@H]1[C@@H]3CC[C@H]4CC(=O)CC[C@]4(C)[C@H]3CC[C@]12C. The molecule has 0 radical (unpaired) electrons. The molecule has 3 heteroatoms. The molecule has 0 N–H and O–H groups in total. The quantitative estimate of drug-likeness (QED) is 0.684. The van der Waals surface area contributed by atoms with Crippen molar-refractivity contribution in [3.8, 4) is 0 Å². The molecule has 0 spiro atoms. The molecular formula is C21H30O3. The van der Waals surface area contributed by atoms with Gasteiger partial charge in [-0.3, -0.25) is 9.59 Å². The molecule has 4 saturated carbocycles. The largest absolute Gasteiger partial charge is 0.357 e. The van der Waals surface area contributed by atoms with Gasteiger partial charge in [0.25, 0.3) is 0 Å². The maximum absolute atomic E-state index is 12.4. The number of hydrogen-bond donors (Lipinski definition) is 0. The molecule has 8 atom stereocenters. The zero-order valence-corrected chi connectivity index (χ0v) is 15.3. The van der Waals surface area contributed by atoms with Crippen LogP contribution in [0.2, 0.25) is 0 Å². The second-order valence-electron chi connectivity index (χ2n) is 9.99. The average molecular weight is 330 g/mol. The van der Waals surface area contributed by atoms with Gasteiger partial charge in [0.15, 0.2) is 11.4 Å². The predicted octanol–water partition coefficient (Wildman–Crippen LogP) is 3.93. The highest BCUT2D eigenvalue weighted by molar-refractivity contribution is 5.90. The van der Waals surface area contributed by atoms with E-state index in [9.17, 15) is 9.59 Å². The summed E-state index contributed by atoms with van der Waals surface area (Å²) in [5.74, 6) is 3.50. The van der Waals surface area contributed by atoms with E-state index in [4.69, 9.17) is 4.74 Å². The molecule has 1 heterocycles. The van der Waals surface area contributed by atoms with E-state index in [0.717, 1.165) is 43.9 Å². The van der Waals surface area contributed by atoms with Gasteiger partial charge in [0.1, 0.15) is 5.78 Å². The highest BCUT2D eigenvalue weighted by Crippen LogP contribution is 2.73. The number of Topliss-reactive ketones (excluding diaryl/α,β-unsaturated/α-hetero) is 2. The molecule has 0 amide bonds. The molecule has 5 rings (SSSR count). The fourth-order valence-corrected chi connectivity index (χ4v) is 8.11. The number of carbonyl (C=O) groups excluding carboxylic acids is 2. The third-order valence-electron chi connectivity index (χ3n) is 9.44. The number of ether oxygens (including phenoxy) is 1. The first-order valence-electron chi connectivity index (χ1n) is 10.0. The number of epoxide rings is 1. The minimum atomic E-state index is -0.442. The Labute approximate surface area is 144 Å². The predicted molar refractivity (Wildman–Crippen MR) is 90.4 cm³/mol. The van der Waals surface area contributed by atoms with E-state index < -0.39 is 5.60 Å². The van der Waals surface area contributed by atoms with Crippen LogP contribution in [0.5, 0.6) is 0 Å². The molecule has 4 aliphatic carbocycles. The van der Waals surface area contributed by atoms with Crippen molar-refractivity contribution < 1.29 is 14.3 Å². The zero-order chi connectivity index (χ0) is 16.9. The molecule has 0 aromatic carbocycles. The molecule has 3 nitrogen and oxygen atoms in total. The molecular weight excluding hydrogens is 300 g/mol. The number of ketones is 2. The first-order chi connectivity index (χ1) is 11.3. The highest BCUT2D eigenvalue weighted by atomic mass is 16.6. The Morgan fingerprint density at radius 2 is 1.92 bits per heavy atom. The molecule has 24 heavy (non-hydrogen) atoms. The van der Waals surface area contributed by atoms with E-state index in [1.807, 2.05) is 0 Å². The van der Waals surface area contributed by atoms with E-state index in [1.54, 1.807) is 6.92 Å². The summed E-state index contributed by atoms with van der Waals surface area (Å²) in [6.07, 6.45) is 8.84. The molecule has 5 fully saturated rings. The third kappa shape index (κ3) is 1.59. The Hall–Kier alpha value is -0.700. The van der Waals surface area contributed by atoms with E-state index in [-0.39, 0.29) is 17.3 Å². The minimum Gasteiger partial charge on any atom is -0.357 e. The standard InChI is InChI=1S/C21H30O3/c1-12(22)21-18(24-21)11-17-15-5-4-13-10-14(23)6-8-19(13,2)16(15)7-9-20(17,21)3/h13,15-18H,4-11H2,1-3H3/t13-,15+,16-,17+,18-,19-,20+,21-/m0/s1. The van der Waals surface area contributed by atoms with Crippen molar-refractivity contribution in [3.63, 3.8) is 0 Å². The first-order valence-corrected chi connectivity index (χ1v) is 10.0. The number of fused-ring (bicyclic) bond motifs is 7. The smallest absolute Gasteiger partial charge is 0.164 e. The number of carbonyl (C=O) groups is 2. The van der Waals surface area contributed by atoms with Crippen LogP contribution in [0.1, 0.15) is 72.1 Å². The van der Waals surface area contributed by atoms with Crippen LogP contribution in [-0.2, 0) is 14.3 Å². The van der Waals surface area contributed by atoms with Gasteiger partial charge in [-0.05, 0) is 74.5 Å². The lowest BCUT2D eigenvalue weighted by Crippen LogP contribution is -2.56. The topological polar surface area (TPSA) is 46.7 Å². The molecule has 1 saturated heterocycles. The van der Waals surface area contributed by atoms with Crippen LogP contribution >= 0.6 is 0 Å². The summed E-state index contributed by atoms with van der Waals surface area (Å²) < 4.78 is 6.01. The van der Waals surface area contributed by atoms with Crippen molar-refractivity contribution in [2.45, 2.75) is 83.8 Å². The van der Waals surface area contributed by atoms with Crippen molar-refractivity contribution in [2.75, 3.05) is 0 Å². The molecule has 1 aliphatic heterocycles. The Kier molecular flexibility index (Phi) is 2.93. The maximum atomic E-state index is 12.4. The number of hydrogen-bond acceptors (Lipinski definition) is 3. The second kappa shape index (κ2) is 4.52. The summed E-state index contributed by atoms with van der Waals surface area (Å²) in [7, 11) is 0. The summed E-state index contributed by atoms with van der Waals surface area (Å²) in [6, 6.07) is 0. The molecule has 0 unspecified atom stereocenters. The van der Waals surface area contributed by atoms with Crippen molar-refractivity contribution in [3.05, 3.63) is 0 Å². The molecule has 0 aromatic heterocycles. The van der Waals surface area contributed by atoms with Gasteiger partial charge in [-0.2, -0.15) is 0 Å². The van der Waals surface area contributed by atoms with Crippen molar-refractivity contribution in [2.24, 2.45) is 34.5 Å². The highest BCUT2D eigenvalue weighted by Gasteiger charge is 2.79. The Balaban J connectivity index is 1.48. The monoisotopic (exact) mass is 330 g/mol. The van der Waals surface area contributed by atoms with Gasteiger partial charge in [-0.15, -0.1) is 0 Å². The Bertz CT molecular complexity index is 627. The summed E-state index contributed by atoms with van der Waals surface area (Å²) in [5, 5.41) is 0. The molecule has 0 aromatic rings. The molecule has 132 valence electrons. The van der Waals surface area contributed by atoms with Gasteiger partial charge in [0, 0.05) is 18.3 Å². The maximum Gasteiger partial charge on any atom is 0.164 e. The van der Waals surface area contributed by atoms with E-state index in [2.05, 4.69) is 13.8 Å². The van der Waals surface area contributed by atoms with Gasteiger partial charge in [0.2, 0.25) is 0 Å². The molecule has 5 aliphatic rings. The lowest BCUT2D eigenvalue weighted by molar-refractivity contribution is -0.151. The van der Waals surface area contributed by atoms with Crippen LogP contribution in [0.15, 0.2) is 0 Å². The van der Waals surface area contributed by atoms with Gasteiger partial charge >= 0.3 is 0 Å². The first kappa shape index (κ1) is 15.5. The lowest BCUT2D eigenvalue weighted by Gasteiger charge is -2.60. The van der Waals surface area contributed by atoms with Crippen molar-refractivity contribution >= 4 is 11.6 Å². The van der Waals surface area contributed by atoms with Crippen LogP contribution in [0.4, 0.5) is 0 Å². The average Bonchev–Trinajstić information content (AvgIpc) is 3.21. The van der Waals surface area contributed by atoms with Gasteiger partial charge in [-0.25, -0.2) is 0 Å². The van der Waals surface area contributed by atoms with Crippen LogP contribution < -0.4 is 0 Å². The summed E-state index contributed by atoms with van der Waals surface area (Å²) >= 11 is 0. The third-order valence-corrected chi connectivity index (χ3v) is 9.44. The second-order valence-corrected chi connectivity index (χ2v) is 9.99. The van der Waals surface area contributed by atoms with E-state index in [1.165, 1.54) is 19.3 Å². The van der Waals surface area contributed by atoms with Crippen LogP contribution in [0, 0.1) is 34.5 Å². The Morgan fingerprint density at radius 1 is 1.12 bits per heavy atom. The summed E-state index contributed by atoms with van der Waals surface area (Å²) in [4.78, 5) is 24.4. The minimum absolute atomic E-state index is 0.0539. The van der Waals surface area contributed by atoms with E-state index >= 15 is 0 Å². The van der Waals surface area contributed by atoms with Gasteiger partial charge in [-0.1, -0.05) is 13.8 Å². The van der Waals surface area contributed by atoms with Crippen molar-refractivity contribution in [1.29, 1.82) is 0 Å². The van der Waals surface area contributed by atoms with Crippen LogP contribution in [0.3, 0.4) is 0 Å². The fourth-order valence-electron chi connectivity index (χ4n) is 8.11. The van der Waals surface area contributed by atoms with E-state index in [0.29, 0.717) is 23.0 Å². The van der Waals surface area contributed by atoms with Crippen LogP contribution in [0.25, 0.3) is 0 Å². The van der Waals surface area contributed by atoms with Crippen molar-refractivity contribution in [1.82, 2.24) is 0 Å². The van der Waals surface area contributed by atoms with Gasteiger partial charge < -0.3 is 4.74 Å². The lowest BCUT2D eigenvalue weighted by atomic mass is 9.44. The normalized spacial score (nSPS) is 58.3.